The number of fused-ring (bicyclic) bond motifs is 1. The monoisotopic (exact) mass is 165 g/mol. The van der Waals surface area contributed by atoms with E-state index >= 15 is 0 Å². The molecule has 1 aromatic heterocycles. The van der Waals surface area contributed by atoms with Crippen LogP contribution in [0.25, 0.3) is 11.0 Å². The Morgan fingerprint density at radius 2 is 2.27 bits per heavy atom. The molecule has 0 radical (unpaired) electrons. The van der Waals surface area contributed by atoms with Crippen LogP contribution in [0.3, 0.4) is 0 Å². The van der Waals surface area contributed by atoms with E-state index < -0.39 is 0 Å². The largest absolute Gasteiger partial charge is 0.277 e. The average molecular weight is 165 g/mol. The number of aryl methyl sites for hydroxylation is 2. The first-order valence-electron chi connectivity index (χ1n) is 3.50. The van der Waals surface area contributed by atoms with Crippen molar-refractivity contribution in [3.8, 4) is 0 Å². The molecule has 0 N–H and O–H groups in total. The number of nitrogens with zero attached hydrogens (tertiary/aromatic N) is 2. The Kier molecular flexibility index (Phi) is 1.39. The van der Waals surface area contributed by atoms with E-state index in [0.717, 1.165) is 5.52 Å². The van der Waals surface area contributed by atoms with Gasteiger partial charge in [0.05, 0.1) is 7.05 Å². The van der Waals surface area contributed by atoms with Crippen LogP contribution in [0.5, 0.6) is 0 Å². The summed E-state index contributed by atoms with van der Waals surface area (Å²) >= 11 is 1.49. The van der Waals surface area contributed by atoms with Gasteiger partial charge in [-0.25, -0.2) is 0 Å². The van der Waals surface area contributed by atoms with E-state index in [4.69, 9.17) is 0 Å². The highest BCUT2D eigenvalue weighted by Crippen LogP contribution is 2.10. The summed E-state index contributed by atoms with van der Waals surface area (Å²) in [5.74, 6) is 0. The lowest BCUT2D eigenvalue weighted by atomic mass is 10.2. The van der Waals surface area contributed by atoms with E-state index in [-0.39, 0.29) is 0 Å². The third-order valence-corrected chi connectivity index (χ3v) is 2.45. The Morgan fingerprint density at radius 3 is 3.09 bits per heavy atom. The second kappa shape index (κ2) is 2.27. The van der Waals surface area contributed by atoms with Gasteiger partial charge in [0, 0.05) is 4.37 Å². The molecular formula is C8H9N2S+. The lowest BCUT2D eigenvalue weighted by Crippen LogP contribution is -2.21. The van der Waals surface area contributed by atoms with E-state index in [0.29, 0.717) is 0 Å². The Morgan fingerprint density at radius 1 is 1.45 bits per heavy atom. The third kappa shape index (κ3) is 1.01. The molecule has 0 aliphatic rings. The molecule has 1 aromatic carbocycles. The van der Waals surface area contributed by atoms with Gasteiger partial charge >= 0.3 is 0 Å². The molecule has 0 saturated carbocycles. The van der Waals surface area contributed by atoms with E-state index in [1.165, 1.54) is 22.8 Å². The van der Waals surface area contributed by atoms with Crippen molar-refractivity contribution in [1.82, 2.24) is 4.37 Å². The Hall–Kier alpha value is -0.960. The van der Waals surface area contributed by atoms with Crippen LogP contribution in [0.1, 0.15) is 5.56 Å². The molecule has 2 rings (SSSR count). The molecule has 0 fully saturated rings. The standard InChI is InChI=1S/C8H9N2S/c1-6-3-4-8-7(5-6)9-11-10(8)2/h3-5H,1-2H3/q+1. The summed E-state index contributed by atoms with van der Waals surface area (Å²) in [5.41, 5.74) is 3.57. The zero-order chi connectivity index (χ0) is 7.84. The molecule has 0 spiro atoms. The zero-order valence-corrected chi connectivity index (χ0v) is 7.35. The van der Waals surface area contributed by atoms with Crippen molar-refractivity contribution in [3.05, 3.63) is 23.8 Å². The number of benzene rings is 1. The molecule has 0 atom stereocenters. The van der Waals surface area contributed by atoms with Gasteiger partial charge in [-0.1, -0.05) is 6.07 Å². The lowest BCUT2D eigenvalue weighted by molar-refractivity contribution is -0.573. The fraction of sp³-hybridized carbons (Fsp3) is 0.250. The molecule has 56 valence electrons. The smallest absolute Gasteiger partial charge is 0.172 e. The molecular weight excluding hydrogens is 156 g/mol. The first kappa shape index (κ1) is 6.73. The molecule has 3 heteroatoms. The van der Waals surface area contributed by atoms with Crippen LogP contribution in [0.2, 0.25) is 0 Å². The second-order valence-electron chi connectivity index (χ2n) is 2.66. The Balaban J connectivity index is 2.86. The van der Waals surface area contributed by atoms with Crippen LogP contribution in [-0.4, -0.2) is 4.37 Å². The van der Waals surface area contributed by atoms with Crippen LogP contribution < -0.4 is 3.96 Å². The minimum absolute atomic E-state index is 1.09. The predicted octanol–water partition coefficient (Wildman–Crippen LogP) is 1.43. The highest BCUT2D eigenvalue weighted by molar-refractivity contribution is 6.95. The highest BCUT2D eigenvalue weighted by atomic mass is 32.1. The van der Waals surface area contributed by atoms with Gasteiger partial charge in [-0.05, 0) is 24.6 Å². The maximum Gasteiger partial charge on any atom is 0.277 e. The third-order valence-electron chi connectivity index (χ3n) is 1.73. The summed E-state index contributed by atoms with van der Waals surface area (Å²) in [7, 11) is 2.02. The second-order valence-corrected chi connectivity index (χ2v) is 3.56. The summed E-state index contributed by atoms with van der Waals surface area (Å²) in [4.78, 5) is 0. The van der Waals surface area contributed by atoms with Gasteiger partial charge in [-0.2, -0.15) is 3.96 Å². The summed E-state index contributed by atoms with van der Waals surface area (Å²) in [6.45, 7) is 2.08. The molecule has 1 heterocycles. The Bertz CT molecular complexity index is 392. The van der Waals surface area contributed by atoms with Crippen molar-refractivity contribution in [2.75, 3.05) is 0 Å². The van der Waals surface area contributed by atoms with Crippen molar-refractivity contribution in [3.63, 3.8) is 0 Å². The van der Waals surface area contributed by atoms with Gasteiger partial charge in [0.15, 0.2) is 5.52 Å². The Labute approximate surface area is 69.4 Å². The normalized spacial score (nSPS) is 10.7. The van der Waals surface area contributed by atoms with E-state index in [9.17, 15) is 0 Å². The van der Waals surface area contributed by atoms with E-state index in [1.807, 2.05) is 7.05 Å². The van der Waals surface area contributed by atoms with Crippen LogP contribution in [0.4, 0.5) is 0 Å². The van der Waals surface area contributed by atoms with Crippen molar-refractivity contribution < 1.29 is 3.96 Å². The number of hydrogen-bond donors (Lipinski definition) is 0. The number of hydrogen-bond acceptors (Lipinski definition) is 2. The zero-order valence-electron chi connectivity index (χ0n) is 6.53. The van der Waals surface area contributed by atoms with Crippen LogP contribution in [0, 0.1) is 6.92 Å². The lowest BCUT2D eigenvalue weighted by Gasteiger charge is -1.86. The SMILES string of the molecule is Cc1ccc2c(c1)ns[n+]2C. The quantitative estimate of drug-likeness (QED) is 0.540. The molecule has 0 amide bonds. The molecule has 2 aromatic rings. The van der Waals surface area contributed by atoms with Crippen molar-refractivity contribution >= 4 is 22.8 Å². The molecule has 0 aliphatic heterocycles. The first-order valence-corrected chi connectivity index (χ1v) is 4.23. The minimum Gasteiger partial charge on any atom is -0.172 e. The average Bonchev–Trinajstić information content (AvgIpc) is 2.32. The molecule has 2 nitrogen and oxygen atoms in total. The summed E-state index contributed by atoms with van der Waals surface area (Å²) in [6, 6.07) is 6.32. The summed E-state index contributed by atoms with van der Waals surface area (Å²) < 4.78 is 6.35. The van der Waals surface area contributed by atoms with Gasteiger partial charge < -0.3 is 0 Å². The number of rotatable bonds is 0. The maximum absolute atomic E-state index is 4.28. The molecule has 11 heavy (non-hydrogen) atoms. The topological polar surface area (TPSA) is 16.8 Å². The van der Waals surface area contributed by atoms with E-state index in [1.54, 1.807) is 0 Å². The molecule has 0 saturated heterocycles. The van der Waals surface area contributed by atoms with Crippen molar-refractivity contribution in [2.24, 2.45) is 7.05 Å². The highest BCUT2D eigenvalue weighted by Gasteiger charge is 2.08. The predicted molar refractivity (Wildman–Crippen MR) is 45.5 cm³/mol. The van der Waals surface area contributed by atoms with Crippen LogP contribution >= 0.6 is 11.7 Å². The van der Waals surface area contributed by atoms with Gasteiger partial charge in [0.2, 0.25) is 5.52 Å². The minimum atomic E-state index is 1.09. The van der Waals surface area contributed by atoms with Crippen molar-refractivity contribution in [1.29, 1.82) is 0 Å². The molecule has 0 bridgehead atoms. The van der Waals surface area contributed by atoms with Crippen LogP contribution in [-0.2, 0) is 7.05 Å². The van der Waals surface area contributed by atoms with Gasteiger partial charge in [0.1, 0.15) is 0 Å². The van der Waals surface area contributed by atoms with E-state index in [2.05, 4.69) is 33.5 Å². The van der Waals surface area contributed by atoms with Gasteiger partial charge in [0.25, 0.3) is 11.7 Å². The van der Waals surface area contributed by atoms with Gasteiger partial charge in [-0.15, -0.1) is 0 Å². The fourth-order valence-corrected chi connectivity index (χ4v) is 1.72. The summed E-state index contributed by atoms with van der Waals surface area (Å²) in [5, 5.41) is 0. The van der Waals surface area contributed by atoms with Gasteiger partial charge in [-0.3, -0.25) is 0 Å². The number of aromatic nitrogens is 2. The summed E-state index contributed by atoms with van der Waals surface area (Å²) in [6.07, 6.45) is 0. The molecule has 0 unspecified atom stereocenters. The van der Waals surface area contributed by atoms with Crippen LogP contribution in [0.15, 0.2) is 18.2 Å². The van der Waals surface area contributed by atoms with Crippen molar-refractivity contribution in [2.45, 2.75) is 6.92 Å². The maximum atomic E-state index is 4.28. The first-order chi connectivity index (χ1) is 5.27. The fourth-order valence-electron chi connectivity index (χ4n) is 1.12. The molecule has 0 aliphatic carbocycles.